The molecule has 7 N–H and O–H groups in total. The Morgan fingerprint density at radius 3 is 2.31 bits per heavy atom. The smallest absolute Gasteiger partial charge is 0.391 e. The molecule has 0 unspecified atom stereocenters. The van der Waals surface area contributed by atoms with Gasteiger partial charge in [-0.3, -0.25) is 9.80 Å². The number of hydrazine groups is 1. The number of aromatic amines is 1. The Morgan fingerprint density at radius 2 is 1.85 bits per heavy atom. The summed E-state index contributed by atoms with van der Waals surface area (Å²) in [5.74, 6) is 4.73. The molecule has 26 heavy (non-hydrogen) atoms. The van der Waals surface area contributed by atoms with Gasteiger partial charge >= 0.3 is 6.18 Å². The topological polar surface area (TPSA) is 114 Å². The van der Waals surface area contributed by atoms with Crippen molar-refractivity contribution in [1.29, 1.82) is 0 Å². The maximum absolute atomic E-state index is 11.9. The highest BCUT2D eigenvalue weighted by atomic mass is 19.4. The number of carbonyl (C=O) groups is 1. The van der Waals surface area contributed by atoms with Crippen molar-refractivity contribution < 1.29 is 18.0 Å². The average molecular weight is 371 g/mol. The van der Waals surface area contributed by atoms with E-state index in [1.807, 2.05) is 0 Å². The van der Waals surface area contributed by atoms with Gasteiger partial charge in [-0.25, -0.2) is 5.84 Å². The third kappa shape index (κ3) is 4.60. The second-order valence-electron chi connectivity index (χ2n) is 6.50. The van der Waals surface area contributed by atoms with Crippen LogP contribution in [0.5, 0.6) is 0 Å². The predicted molar refractivity (Wildman–Crippen MR) is 96.4 cm³/mol. The van der Waals surface area contributed by atoms with Crippen LogP contribution in [0.1, 0.15) is 42.5 Å². The zero-order chi connectivity index (χ0) is 19.5. The fraction of sp³-hybridized carbons (Fsp3) is 0.471. The summed E-state index contributed by atoms with van der Waals surface area (Å²) in [5.41, 5.74) is 12.8. The molecule has 0 aliphatic heterocycles. The molecule has 0 spiro atoms. The second-order valence-corrected chi connectivity index (χ2v) is 6.50. The number of carbonyl (C=O) groups excluding carboxylic acids is 1. The number of rotatable bonds is 2. The summed E-state index contributed by atoms with van der Waals surface area (Å²) in [6.07, 6.45) is -0.742. The lowest BCUT2D eigenvalue weighted by Gasteiger charge is -2.23. The zero-order valence-corrected chi connectivity index (χ0v) is 14.6. The Balaban J connectivity index is 0.000000209. The fourth-order valence-corrected chi connectivity index (χ4v) is 3.06. The van der Waals surface area contributed by atoms with Crippen molar-refractivity contribution in [3.05, 3.63) is 23.8 Å². The first kappa shape index (κ1) is 19.9. The maximum atomic E-state index is 11.9. The molecule has 1 aliphatic carbocycles. The number of nitrogen functional groups attached to an aromatic ring is 1. The van der Waals surface area contributed by atoms with Gasteiger partial charge in [0.05, 0.1) is 11.6 Å². The Morgan fingerprint density at radius 1 is 1.23 bits per heavy atom. The van der Waals surface area contributed by atoms with E-state index in [0.29, 0.717) is 29.9 Å². The van der Waals surface area contributed by atoms with Gasteiger partial charge < -0.3 is 16.5 Å². The fourth-order valence-electron chi connectivity index (χ4n) is 3.06. The summed E-state index contributed by atoms with van der Waals surface area (Å²) in [6.45, 7) is 0. The molecule has 1 fully saturated rings. The van der Waals surface area contributed by atoms with E-state index in [0.717, 1.165) is 30.2 Å². The van der Waals surface area contributed by atoms with Gasteiger partial charge in [-0.05, 0) is 31.0 Å². The summed E-state index contributed by atoms with van der Waals surface area (Å²) in [4.78, 5) is 14.1. The number of aromatic nitrogens is 1. The highest BCUT2D eigenvalue weighted by Gasteiger charge is 2.39. The van der Waals surface area contributed by atoms with E-state index in [1.54, 1.807) is 25.2 Å². The zero-order valence-electron chi connectivity index (χ0n) is 14.6. The van der Waals surface area contributed by atoms with Crippen LogP contribution in [0.25, 0.3) is 10.9 Å². The van der Waals surface area contributed by atoms with Crippen molar-refractivity contribution in [2.45, 2.75) is 38.3 Å². The molecule has 0 radical (unpaired) electrons. The first-order valence-electron chi connectivity index (χ1n) is 8.37. The number of fused-ring (bicyclic) bond motifs is 1. The number of nitrogens with one attached hydrogen (secondary N) is 1. The van der Waals surface area contributed by atoms with Gasteiger partial charge in [0.15, 0.2) is 0 Å². The number of nitrogens with zero attached hydrogens (tertiary/aromatic N) is 1. The highest BCUT2D eigenvalue weighted by Crippen LogP contribution is 2.37. The van der Waals surface area contributed by atoms with E-state index in [-0.39, 0.29) is 0 Å². The van der Waals surface area contributed by atoms with Crippen molar-refractivity contribution in [1.82, 2.24) is 4.98 Å². The van der Waals surface area contributed by atoms with E-state index >= 15 is 0 Å². The average Bonchev–Trinajstić information content (AvgIpc) is 2.92. The molecule has 3 rings (SSSR count). The molecule has 2 aromatic rings. The molecule has 6 nitrogen and oxygen atoms in total. The van der Waals surface area contributed by atoms with Crippen LogP contribution in [-0.4, -0.2) is 24.1 Å². The van der Waals surface area contributed by atoms with Crippen LogP contribution in [0.4, 0.5) is 24.7 Å². The molecule has 0 atom stereocenters. The van der Waals surface area contributed by atoms with Crippen molar-refractivity contribution in [2.24, 2.45) is 17.5 Å². The quantitative estimate of drug-likeness (QED) is 0.479. The highest BCUT2D eigenvalue weighted by molar-refractivity contribution is 6.03. The van der Waals surface area contributed by atoms with Crippen LogP contribution in [0, 0.1) is 5.92 Å². The Labute approximate surface area is 149 Å². The monoisotopic (exact) mass is 371 g/mol. The van der Waals surface area contributed by atoms with Crippen LogP contribution in [0.3, 0.4) is 0 Å². The SMILES string of the molecule is CN(N)c1[nH]c2ccc(C(N)=O)cc2c1N.FC(F)(F)C1CCCCC1. The van der Waals surface area contributed by atoms with Crippen LogP contribution in [0.2, 0.25) is 0 Å². The summed E-state index contributed by atoms with van der Waals surface area (Å²) in [5, 5.41) is 2.13. The molecule has 9 heteroatoms. The van der Waals surface area contributed by atoms with E-state index in [2.05, 4.69) is 4.98 Å². The summed E-state index contributed by atoms with van der Waals surface area (Å²) >= 11 is 0. The standard InChI is InChI=1S/C10H13N5O.C7H11F3/c1-15(13)10-8(11)6-4-5(9(12)16)2-3-7(6)14-10;8-7(9,10)6-4-2-1-3-5-6/h2-4,14H,11,13H2,1H3,(H2,12,16);6H,1-5H2. The molecule has 1 heterocycles. The lowest BCUT2D eigenvalue weighted by Crippen LogP contribution is -2.26. The minimum absolute atomic E-state index is 0.351. The molecule has 0 saturated heterocycles. The Bertz CT molecular complexity index is 764. The number of nitrogens with two attached hydrogens (primary N) is 3. The summed E-state index contributed by atoms with van der Waals surface area (Å²) in [6, 6.07) is 5.04. The van der Waals surface area contributed by atoms with E-state index in [9.17, 15) is 18.0 Å². The summed E-state index contributed by atoms with van der Waals surface area (Å²) in [7, 11) is 1.68. The third-order valence-electron chi connectivity index (χ3n) is 4.52. The number of halogens is 3. The molecular formula is C17H24F3N5O. The van der Waals surface area contributed by atoms with Crippen molar-refractivity contribution in [3.63, 3.8) is 0 Å². The Hall–Kier alpha value is -2.42. The van der Waals surface area contributed by atoms with E-state index in [1.165, 1.54) is 5.01 Å². The lowest BCUT2D eigenvalue weighted by molar-refractivity contribution is -0.181. The van der Waals surface area contributed by atoms with Gasteiger partial charge in [0, 0.05) is 23.5 Å². The number of anilines is 2. The van der Waals surface area contributed by atoms with Gasteiger partial charge in [0.25, 0.3) is 0 Å². The molecule has 1 aliphatic rings. The number of amides is 1. The number of benzene rings is 1. The molecule has 1 saturated carbocycles. The van der Waals surface area contributed by atoms with Crippen LogP contribution in [-0.2, 0) is 0 Å². The van der Waals surface area contributed by atoms with E-state index < -0.39 is 18.0 Å². The molecule has 1 amide bonds. The van der Waals surface area contributed by atoms with Gasteiger partial charge in [0.2, 0.25) is 5.91 Å². The van der Waals surface area contributed by atoms with Gasteiger partial charge in [-0.2, -0.15) is 13.2 Å². The van der Waals surface area contributed by atoms with Gasteiger partial charge in [-0.15, -0.1) is 0 Å². The predicted octanol–water partition coefficient (Wildman–Crippen LogP) is 3.29. The first-order valence-corrected chi connectivity index (χ1v) is 8.37. The minimum Gasteiger partial charge on any atom is -0.395 e. The van der Waals surface area contributed by atoms with Crippen LogP contribution < -0.4 is 22.3 Å². The van der Waals surface area contributed by atoms with Crippen molar-refractivity contribution in [2.75, 3.05) is 17.8 Å². The number of H-pyrrole nitrogens is 1. The van der Waals surface area contributed by atoms with Gasteiger partial charge in [0.1, 0.15) is 5.82 Å². The number of hydrogen-bond acceptors (Lipinski definition) is 4. The molecule has 144 valence electrons. The van der Waals surface area contributed by atoms with E-state index in [4.69, 9.17) is 17.3 Å². The Kier molecular flexibility index (Phi) is 6.01. The summed E-state index contributed by atoms with van der Waals surface area (Å²) < 4.78 is 35.8. The molecule has 1 aromatic heterocycles. The molecule has 0 bridgehead atoms. The largest absolute Gasteiger partial charge is 0.395 e. The van der Waals surface area contributed by atoms with Gasteiger partial charge in [-0.1, -0.05) is 19.3 Å². The third-order valence-corrected chi connectivity index (χ3v) is 4.52. The van der Waals surface area contributed by atoms with Crippen molar-refractivity contribution in [3.8, 4) is 0 Å². The minimum atomic E-state index is -3.93. The second kappa shape index (κ2) is 7.86. The number of alkyl halides is 3. The molecule has 1 aromatic carbocycles. The molecular weight excluding hydrogens is 347 g/mol. The first-order chi connectivity index (χ1) is 12.1. The van der Waals surface area contributed by atoms with Crippen LogP contribution in [0.15, 0.2) is 18.2 Å². The number of hydrogen-bond donors (Lipinski definition) is 4. The normalized spacial score (nSPS) is 15.4. The maximum Gasteiger partial charge on any atom is 0.391 e. The lowest BCUT2D eigenvalue weighted by atomic mass is 9.89. The number of primary amides is 1. The van der Waals surface area contributed by atoms with Crippen molar-refractivity contribution >= 4 is 28.3 Å². The van der Waals surface area contributed by atoms with Crippen LogP contribution >= 0.6 is 0 Å².